The van der Waals surface area contributed by atoms with Crippen LogP contribution in [-0.2, 0) is 11.3 Å². The van der Waals surface area contributed by atoms with Crippen molar-refractivity contribution in [1.29, 1.82) is 0 Å². The van der Waals surface area contributed by atoms with Crippen molar-refractivity contribution in [2.75, 3.05) is 19.8 Å². The summed E-state index contributed by atoms with van der Waals surface area (Å²) < 4.78 is 6.71. The van der Waals surface area contributed by atoms with Gasteiger partial charge in [0.2, 0.25) is 0 Å². The van der Waals surface area contributed by atoms with Crippen LogP contribution in [0.25, 0.3) is 0 Å². The second-order valence-corrected chi connectivity index (χ2v) is 5.84. The third-order valence-corrected chi connectivity index (χ3v) is 4.09. The topological polar surface area (TPSA) is 21.3 Å². The molecule has 1 heterocycles. The molecule has 1 aromatic rings. The van der Waals surface area contributed by atoms with E-state index in [4.69, 9.17) is 4.74 Å². The van der Waals surface area contributed by atoms with Gasteiger partial charge in [-0.2, -0.15) is 0 Å². The fraction of sp³-hybridized carbons (Fsp3) is 0.636. The molecule has 0 unspecified atom stereocenters. The van der Waals surface area contributed by atoms with Crippen LogP contribution >= 0.6 is 27.3 Å². The van der Waals surface area contributed by atoms with Crippen LogP contribution in [0.3, 0.4) is 0 Å². The Bertz CT molecular complexity index is 299. The molecule has 0 saturated heterocycles. The van der Waals surface area contributed by atoms with Gasteiger partial charge in [-0.15, -0.1) is 11.3 Å². The summed E-state index contributed by atoms with van der Waals surface area (Å²) in [5.74, 6) is 0.873. The normalized spacial score (nSPS) is 15.8. The average molecular weight is 290 g/mol. The van der Waals surface area contributed by atoms with Gasteiger partial charge in [-0.05, 0) is 40.8 Å². The molecule has 1 saturated carbocycles. The highest BCUT2D eigenvalue weighted by Gasteiger charge is 2.20. The second-order valence-electron chi connectivity index (χ2n) is 3.93. The lowest BCUT2D eigenvalue weighted by atomic mass is 10.4. The minimum Gasteiger partial charge on any atom is -0.380 e. The maximum absolute atomic E-state index is 5.53. The summed E-state index contributed by atoms with van der Waals surface area (Å²) in [5.41, 5.74) is 0. The number of hydrogen-bond donors (Lipinski definition) is 1. The first-order valence-electron chi connectivity index (χ1n) is 5.36. The summed E-state index contributed by atoms with van der Waals surface area (Å²) in [5, 5.41) is 5.49. The lowest BCUT2D eigenvalue weighted by Crippen LogP contribution is -2.19. The molecule has 0 aliphatic heterocycles. The highest BCUT2D eigenvalue weighted by atomic mass is 79.9. The van der Waals surface area contributed by atoms with Gasteiger partial charge in [-0.3, -0.25) is 0 Å². The predicted octanol–water partition coefficient (Wildman–Crippen LogP) is 3.03. The van der Waals surface area contributed by atoms with Crippen LogP contribution in [0.2, 0.25) is 0 Å². The predicted molar refractivity (Wildman–Crippen MR) is 67.3 cm³/mol. The summed E-state index contributed by atoms with van der Waals surface area (Å²) in [7, 11) is 0. The van der Waals surface area contributed by atoms with Gasteiger partial charge in [0, 0.05) is 34.4 Å². The molecule has 2 rings (SSSR count). The van der Waals surface area contributed by atoms with E-state index < -0.39 is 0 Å². The molecule has 0 radical (unpaired) electrons. The van der Waals surface area contributed by atoms with Crippen molar-refractivity contribution in [2.45, 2.75) is 19.4 Å². The summed E-state index contributed by atoms with van der Waals surface area (Å²) in [6, 6.07) is 2.16. The van der Waals surface area contributed by atoms with Crippen molar-refractivity contribution in [3.8, 4) is 0 Å². The van der Waals surface area contributed by atoms with E-state index in [0.717, 1.165) is 32.2 Å². The van der Waals surface area contributed by atoms with Crippen molar-refractivity contribution >= 4 is 27.3 Å². The third-order valence-electron chi connectivity index (χ3n) is 2.39. The lowest BCUT2D eigenvalue weighted by molar-refractivity contribution is 0.126. The van der Waals surface area contributed by atoms with Gasteiger partial charge in [-0.1, -0.05) is 0 Å². The molecular formula is C11H16BrNOS. The summed E-state index contributed by atoms with van der Waals surface area (Å²) >= 11 is 5.22. The Kier molecular flexibility index (Phi) is 4.62. The average Bonchev–Trinajstić information content (AvgIpc) is 2.95. The number of thiophene rings is 1. The molecule has 15 heavy (non-hydrogen) atoms. The number of hydrogen-bond acceptors (Lipinski definition) is 3. The Labute approximate surface area is 103 Å². The summed E-state index contributed by atoms with van der Waals surface area (Å²) in [6.45, 7) is 3.70. The zero-order chi connectivity index (χ0) is 10.5. The van der Waals surface area contributed by atoms with E-state index in [1.165, 1.54) is 22.2 Å². The standard InChI is InChI=1S/C11H16BrNOS/c12-10-5-11(15-8-10)6-13-3-4-14-7-9-1-2-9/h5,8-9,13H,1-4,6-7H2. The van der Waals surface area contributed by atoms with E-state index >= 15 is 0 Å². The van der Waals surface area contributed by atoms with E-state index in [-0.39, 0.29) is 0 Å². The van der Waals surface area contributed by atoms with Crippen molar-refractivity contribution in [3.05, 3.63) is 20.8 Å². The van der Waals surface area contributed by atoms with Crippen molar-refractivity contribution in [3.63, 3.8) is 0 Å². The molecule has 0 aromatic carbocycles. The maximum Gasteiger partial charge on any atom is 0.0591 e. The van der Waals surface area contributed by atoms with Crippen molar-refractivity contribution in [2.24, 2.45) is 5.92 Å². The first-order chi connectivity index (χ1) is 7.34. The van der Waals surface area contributed by atoms with Gasteiger partial charge in [-0.25, -0.2) is 0 Å². The molecule has 1 aliphatic rings. The van der Waals surface area contributed by atoms with Crippen LogP contribution in [0.15, 0.2) is 15.9 Å². The molecule has 2 nitrogen and oxygen atoms in total. The zero-order valence-corrected chi connectivity index (χ0v) is 11.1. The smallest absolute Gasteiger partial charge is 0.0591 e. The van der Waals surface area contributed by atoms with Crippen LogP contribution in [0, 0.1) is 5.92 Å². The van der Waals surface area contributed by atoms with Crippen LogP contribution in [0.4, 0.5) is 0 Å². The number of ether oxygens (including phenoxy) is 1. The number of nitrogens with one attached hydrogen (secondary N) is 1. The molecule has 0 amide bonds. The van der Waals surface area contributed by atoms with Crippen LogP contribution < -0.4 is 5.32 Å². The van der Waals surface area contributed by atoms with E-state index in [0.29, 0.717) is 0 Å². The highest BCUT2D eigenvalue weighted by molar-refractivity contribution is 9.10. The van der Waals surface area contributed by atoms with Crippen LogP contribution in [0.5, 0.6) is 0 Å². The van der Waals surface area contributed by atoms with E-state index in [9.17, 15) is 0 Å². The molecule has 0 spiro atoms. The molecule has 0 atom stereocenters. The van der Waals surface area contributed by atoms with Crippen molar-refractivity contribution in [1.82, 2.24) is 5.32 Å². The Morgan fingerprint density at radius 3 is 3.07 bits per heavy atom. The lowest BCUT2D eigenvalue weighted by Gasteiger charge is -2.04. The van der Waals surface area contributed by atoms with E-state index in [2.05, 4.69) is 32.7 Å². The fourth-order valence-corrected chi connectivity index (χ4v) is 2.76. The Morgan fingerprint density at radius 2 is 2.40 bits per heavy atom. The molecule has 1 N–H and O–H groups in total. The third kappa shape index (κ3) is 4.64. The van der Waals surface area contributed by atoms with E-state index in [1.807, 2.05) is 0 Å². The van der Waals surface area contributed by atoms with Crippen LogP contribution in [0.1, 0.15) is 17.7 Å². The molecule has 1 fully saturated rings. The monoisotopic (exact) mass is 289 g/mol. The minimum atomic E-state index is 0.836. The van der Waals surface area contributed by atoms with Gasteiger partial charge in [0.05, 0.1) is 6.61 Å². The number of halogens is 1. The maximum atomic E-state index is 5.53. The summed E-state index contributed by atoms with van der Waals surface area (Å²) in [6.07, 6.45) is 2.74. The molecule has 1 aliphatic carbocycles. The second kappa shape index (κ2) is 5.99. The van der Waals surface area contributed by atoms with Gasteiger partial charge in [0.1, 0.15) is 0 Å². The van der Waals surface area contributed by atoms with Crippen molar-refractivity contribution < 1.29 is 4.74 Å². The Balaban J connectivity index is 1.47. The first-order valence-corrected chi connectivity index (χ1v) is 7.03. The molecule has 0 bridgehead atoms. The molecule has 1 aromatic heterocycles. The van der Waals surface area contributed by atoms with Gasteiger partial charge in [0.15, 0.2) is 0 Å². The Hall–Kier alpha value is 0.1000. The van der Waals surface area contributed by atoms with Crippen LogP contribution in [-0.4, -0.2) is 19.8 Å². The van der Waals surface area contributed by atoms with Gasteiger partial charge < -0.3 is 10.1 Å². The zero-order valence-electron chi connectivity index (χ0n) is 8.67. The molecular weight excluding hydrogens is 274 g/mol. The largest absolute Gasteiger partial charge is 0.380 e. The first kappa shape index (κ1) is 11.6. The van der Waals surface area contributed by atoms with E-state index in [1.54, 1.807) is 11.3 Å². The molecule has 4 heteroatoms. The molecule has 84 valence electrons. The highest BCUT2D eigenvalue weighted by Crippen LogP contribution is 2.28. The van der Waals surface area contributed by atoms with Gasteiger partial charge in [0.25, 0.3) is 0 Å². The quantitative estimate of drug-likeness (QED) is 0.779. The minimum absolute atomic E-state index is 0.836. The Morgan fingerprint density at radius 1 is 1.53 bits per heavy atom. The summed E-state index contributed by atoms with van der Waals surface area (Å²) in [4.78, 5) is 1.36. The number of rotatable bonds is 7. The SMILES string of the molecule is Brc1csc(CNCCOCC2CC2)c1. The fourth-order valence-electron chi connectivity index (χ4n) is 1.34. The van der Waals surface area contributed by atoms with Gasteiger partial charge >= 0.3 is 0 Å².